The van der Waals surface area contributed by atoms with Crippen LogP contribution >= 0.6 is 0 Å². The second kappa shape index (κ2) is 9.41. The molecule has 1 amide bonds. The standard InChI is InChI=1S/C23H23FN10O/c1-15-13-33(23-28-9-18(24)10-29-23)5-6-34(15)21-12-26-20(11-27-21)31-22(35)16-3-4-19(25-7-16)17-8-30-32(2)14-17/h3-4,7-12,14-15H,5-6,13H2,1-2H3,(H,26,31,35)/t15-/m0/s1. The summed E-state index contributed by atoms with van der Waals surface area (Å²) in [7, 11) is 1.83. The van der Waals surface area contributed by atoms with Gasteiger partial charge < -0.3 is 15.1 Å². The highest BCUT2D eigenvalue weighted by Gasteiger charge is 2.26. The van der Waals surface area contributed by atoms with E-state index in [2.05, 4.69) is 47.2 Å². The summed E-state index contributed by atoms with van der Waals surface area (Å²) in [4.78, 5) is 38.1. The minimum Gasteiger partial charge on any atom is -0.349 e. The highest BCUT2D eigenvalue weighted by atomic mass is 19.1. The van der Waals surface area contributed by atoms with E-state index in [0.717, 1.165) is 11.3 Å². The van der Waals surface area contributed by atoms with E-state index < -0.39 is 5.82 Å². The van der Waals surface area contributed by atoms with Crippen LogP contribution in [-0.2, 0) is 7.05 Å². The zero-order chi connectivity index (χ0) is 24.4. The lowest BCUT2D eigenvalue weighted by Crippen LogP contribution is -2.53. The van der Waals surface area contributed by atoms with Crippen molar-refractivity contribution in [2.75, 3.05) is 34.8 Å². The van der Waals surface area contributed by atoms with Crippen LogP contribution in [0.5, 0.6) is 0 Å². The summed E-state index contributed by atoms with van der Waals surface area (Å²) in [6.45, 7) is 4.07. The number of pyridine rings is 1. The molecule has 0 radical (unpaired) electrons. The van der Waals surface area contributed by atoms with Gasteiger partial charge in [0.25, 0.3) is 5.91 Å². The zero-order valence-electron chi connectivity index (χ0n) is 19.2. The van der Waals surface area contributed by atoms with Crippen LogP contribution in [0.3, 0.4) is 0 Å². The van der Waals surface area contributed by atoms with Gasteiger partial charge in [0.1, 0.15) is 5.82 Å². The van der Waals surface area contributed by atoms with Crippen molar-refractivity contribution in [3.05, 3.63) is 66.9 Å². The maximum Gasteiger partial charge on any atom is 0.258 e. The fourth-order valence-electron chi connectivity index (χ4n) is 3.92. The van der Waals surface area contributed by atoms with E-state index in [9.17, 15) is 9.18 Å². The van der Waals surface area contributed by atoms with E-state index in [1.54, 1.807) is 29.2 Å². The second-order valence-electron chi connectivity index (χ2n) is 8.24. The van der Waals surface area contributed by atoms with Crippen molar-refractivity contribution in [1.29, 1.82) is 0 Å². The summed E-state index contributed by atoms with van der Waals surface area (Å²) in [5, 5.41) is 6.88. The number of aromatic nitrogens is 7. The van der Waals surface area contributed by atoms with Crippen molar-refractivity contribution in [2.24, 2.45) is 7.05 Å². The fourth-order valence-corrected chi connectivity index (χ4v) is 3.92. The van der Waals surface area contributed by atoms with Gasteiger partial charge in [-0.25, -0.2) is 24.3 Å². The van der Waals surface area contributed by atoms with E-state index in [1.165, 1.54) is 24.8 Å². The van der Waals surface area contributed by atoms with Crippen molar-refractivity contribution in [3.8, 4) is 11.3 Å². The molecule has 5 heterocycles. The van der Waals surface area contributed by atoms with Crippen LogP contribution in [0.4, 0.5) is 22.0 Å². The summed E-state index contributed by atoms with van der Waals surface area (Å²) in [6, 6.07) is 3.59. The Balaban J connectivity index is 1.20. The fraction of sp³-hybridized carbons (Fsp3) is 0.261. The van der Waals surface area contributed by atoms with Gasteiger partial charge in [0.15, 0.2) is 11.6 Å². The number of halogens is 1. The molecule has 1 aliphatic rings. The molecular formula is C23H23FN10O. The van der Waals surface area contributed by atoms with Crippen molar-refractivity contribution >= 4 is 23.5 Å². The first kappa shape index (κ1) is 22.3. The van der Waals surface area contributed by atoms with Gasteiger partial charge in [0, 0.05) is 50.7 Å². The summed E-state index contributed by atoms with van der Waals surface area (Å²) in [5.74, 6) is 0.781. The number of carbonyl (C=O) groups is 1. The van der Waals surface area contributed by atoms with E-state index in [1.807, 2.05) is 18.1 Å². The Morgan fingerprint density at radius 2 is 1.83 bits per heavy atom. The van der Waals surface area contributed by atoms with E-state index in [0.29, 0.717) is 42.8 Å². The maximum atomic E-state index is 13.1. The molecule has 4 aromatic rings. The average molecular weight is 475 g/mol. The van der Waals surface area contributed by atoms with E-state index >= 15 is 0 Å². The third-order valence-electron chi connectivity index (χ3n) is 5.72. The molecule has 0 unspecified atom stereocenters. The summed E-state index contributed by atoms with van der Waals surface area (Å²) in [6.07, 6.45) is 10.6. The number of hydrogen-bond acceptors (Lipinski definition) is 9. The Morgan fingerprint density at radius 3 is 2.46 bits per heavy atom. The molecule has 1 atom stereocenters. The molecule has 0 aromatic carbocycles. The quantitative estimate of drug-likeness (QED) is 0.464. The van der Waals surface area contributed by atoms with Crippen LogP contribution in [-0.4, -0.2) is 66.3 Å². The smallest absolute Gasteiger partial charge is 0.258 e. The molecule has 4 aromatic heterocycles. The topological polar surface area (TPSA) is 118 Å². The SMILES string of the molecule is C[C@H]1CN(c2ncc(F)cn2)CCN1c1cnc(NC(=O)c2ccc(-c3cnn(C)c3)nc2)cn1. The van der Waals surface area contributed by atoms with Crippen molar-refractivity contribution < 1.29 is 9.18 Å². The predicted molar refractivity (Wildman–Crippen MR) is 127 cm³/mol. The molecule has 12 heteroatoms. The minimum atomic E-state index is -0.457. The first-order valence-electron chi connectivity index (χ1n) is 11.0. The van der Waals surface area contributed by atoms with Gasteiger partial charge in [0.2, 0.25) is 5.95 Å². The van der Waals surface area contributed by atoms with E-state index in [4.69, 9.17) is 0 Å². The van der Waals surface area contributed by atoms with Crippen LogP contribution in [0.2, 0.25) is 0 Å². The van der Waals surface area contributed by atoms with Gasteiger partial charge in [-0.1, -0.05) is 0 Å². The van der Waals surface area contributed by atoms with Crippen LogP contribution in [0.15, 0.2) is 55.5 Å². The average Bonchev–Trinajstić information content (AvgIpc) is 3.31. The molecule has 1 aliphatic heterocycles. The number of nitrogens with zero attached hydrogens (tertiary/aromatic N) is 9. The second-order valence-corrected chi connectivity index (χ2v) is 8.24. The summed E-state index contributed by atoms with van der Waals surface area (Å²) >= 11 is 0. The lowest BCUT2D eigenvalue weighted by atomic mass is 10.2. The first-order chi connectivity index (χ1) is 17.0. The van der Waals surface area contributed by atoms with Gasteiger partial charge in [-0.2, -0.15) is 5.10 Å². The molecule has 5 rings (SSSR count). The number of piperazine rings is 1. The Bertz CT molecular complexity index is 1310. The number of carbonyl (C=O) groups excluding carboxylic acids is 1. The molecule has 0 aliphatic carbocycles. The molecule has 1 fully saturated rings. The van der Waals surface area contributed by atoms with Crippen LogP contribution in [0.25, 0.3) is 11.3 Å². The summed E-state index contributed by atoms with van der Waals surface area (Å²) < 4.78 is 14.8. The predicted octanol–water partition coefficient (Wildman–Crippen LogP) is 2.17. The normalized spacial score (nSPS) is 15.8. The Kier molecular flexibility index (Phi) is 6.00. The van der Waals surface area contributed by atoms with Gasteiger partial charge in [-0.05, 0) is 19.1 Å². The van der Waals surface area contributed by atoms with Crippen molar-refractivity contribution in [2.45, 2.75) is 13.0 Å². The van der Waals surface area contributed by atoms with Crippen molar-refractivity contribution in [3.63, 3.8) is 0 Å². The minimum absolute atomic E-state index is 0.108. The van der Waals surface area contributed by atoms with Gasteiger partial charge in [-0.15, -0.1) is 0 Å². The van der Waals surface area contributed by atoms with E-state index in [-0.39, 0.29) is 11.9 Å². The van der Waals surface area contributed by atoms with Gasteiger partial charge in [0.05, 0.1) is 42.2 Å². The number of nitrogens with one attached hydrogen (secondary N) is 1. The molecule has 0 spiro atoms. The third kappa shape index (κ3) is 4.90. The number of hydrogen-bond donors (Lipinski definition) is 1. The van der Waals surface area contributed by atoms with Crippen LogP contribution in [0, 0.1) is 5.82 Å². The van der Waals surface area contributed by atoms with Crippen molar-refractivity contribution in [1.82, 2.24) is 34.7 Å². The number of anilines is 3. The largest absolute Gasteiger partial charge is 0.349 e. The molecule has 0 bridgehead atoms. The molecule has 1 saturated heterocycles. The zero-order valence-corrected chi connectivity index (χ0v) is 19.2. The molecule has 1 N–H and O–H groups in total. The van der Waals surface area contributed by atoms with Crippen LogP contribution in [0.1, 0.15) is 17.3 Å². The van der Waals surface area contributed by atoms with Gasteiger partial charge >= 0.3 is 0 Å². The van der Waals surface area contributed by atoms with Gasteiger partial charge in [-0.3, -0.25) is 14.5 Å². The first-order valence-corrected chi connectivity index (χ1v) is 11.0. The molecule has 178 valence electrons. The highest BCUT2D eigenvalue weighted by Crippen LogP contribution is 2.21. The summed E-state index contributed by atoms with van der Waals surface area (Å²) in [5.41, 5.74) is 2.02. The molecule has 11 nitrogen and oxygen atoms in total. The molecule has 35 heavy (non-hydrogen) atoms. The maximum absolute atomic E-state index is 13.1. The molecular weight excluding hydrogens is 451 g/mol. The highest BCUT2D eigenvalue weighted by molar-refractivity contribution is 6.03. The Morgan fingerprint density at radius 1 is 1.00 bits per heavy atom. The Hall–Kier alpha value is -4.48. The Labute approximate surface area is 200 Å². The monoisotopic (exact) mass is 474 g/mol. The lowest BCUT2D eigenvalue weighted by Gasteiger charge is -2.40. The third-order valence-corrected chi connectivity index (χ3v) is 5.72. The number of rotatable bonds is 5. The number of aryl methyl sites for hydroxylation is 1. The lowest BCUT2D eigenvalue weighted by molar-refractivity contribution is 0.102. The number of amides is 1. The van der Waals surface area contributed by atoms with Crippen LogP contribution < -0.4 is 15.1 Å². The molecule has 0 saturated carbocycles.